The fraction of sp³-hybridized carbons (Fsp3) is 0. The second-order valence-corrected chi connectivity index (χ2v) is 6.34. The number of hydrogen-bond acceptors (Lipinski definition) is 5. The van der Waals surface area contributed by atoms with Gasteiger partial charge in [0.15, 0.2) is 4.96 Å². The van der Waals surface area contributed by atoms with Crippen molar-refractivity contribution in [2.75, 3.05) is 5.32 Å². The number of nitrogens with one attached hydrogen (secondary N) is 1. The van der Waals surface area contributed by atoms with Crippen LogP contribution in [-0.2, 0) is 0 Å². The van der Waals surface area contributed by atoms with E-state index in [2.05, 4.69) is 10.3 Å². The van der Waals surface area contributed by atoms with E-state index in [-0.39, 0.29) is 11.7 Å². The number of phenolic OH excluding ortho intramolecular Hbond substituents is 1. The number of thiazole rings is 1. The topological polar surface area (TPSA) is 66.6 Å². The maximum Gasteiger partial charge on any atom is 0.265 e. The molecule has 5 nitrogen and oxygen atoms in total. The van der Waals surface area contributed by atoms with Crippen LogP contribution in [0.15, 0.2) is 41.9 Å². The minimum Gasteiger partial charge on any atom is -0.506 e. The maximum absolute atomic E-state index is 12.3. The van der Waals surface area contributed by atoms with Crippen molar-refractivity contribution in [2.24, 2.45) is 0 Å². The first-order valence-electron chi connectivity index (χ1n) is 6.17. The predicted molar refractivity (Wildman–Crippen MR) is 84.5 cm³/mol. The lowest BCUT2D eigenvalue weighted by molar-refractivity contribution is 0.103. The van der Waals surface area contributed by atoms with Crippen molar-refractivity contribution < 1.29 is 9.90 Å². The van der Waals surface area contributed by atoms with E-state index in [0.717, 1.165) is 15.3 Å². The highest BCUT2D eigenvalue weighted by atomic mass is 32.1. The molecule has 0 aliphatic heterocycles. The van der Waals surface area contributed by atoms with Gasteiger partial charge in [0.25, 0.3) is 5.91 Å². The number of amides is 1. The Bertz CT molecular complexity index is 967. The molecule has 0 aliphatic carbocycles. The zero-order chi connectivity index (χ0) is 14.4. The minimum absolute atomic E-state index is 0.0501. The predicted octanol–water partition coefficient (Wildman–Crippen LogP) is 3.57. The van der Waals surface area contributed by atoms with Gasteiger partial charge >= 0.3 is 0 Å². The van der Waals surface area contributed by atoms with Gasteiger partial charge in [-0.3, -0.25) is 9.20 Å². The lowest BCUT2D eigenvalue weighted by Gasteiger charge is -2.04. The van der Waals surface area contributed by atoms with Crippen molar-refractivity contribution in [1.82, 2.24) is 9.38 Å². The molecular formula is C14H9N3O2S2. The molecular weight excluding hydrogens is 306 g/mol. The molecule has 1 aromatic carbocycles. The van der Waals surface area contributed by atoms with Crippen LogP contribution in [0.1, 0.15) is 9.67 Å². The van der Waals surface area contributed by atoms with Crippen molar-refractivity contribution in [2.45, 2.75) is 0 Å². The van der Waals surface area contributed by atoms with Gasteiger partial charge in [0.2, 0.25) is 0 Å². The fourth-order valence-electron chi connectivity index (χ4n) is 2.12. The van der Waals surface area contributed by atoms with Gasteiger partial charge in [0.05, 0.1) is 16.1 Å². The van der Waals surface area contributed by atoms with Crippen LogP contribution in [0.3, 0.4) is 0 Å². The smallest absolute Gasteiger partial charge is 0.265 e. The summed E-state index contributed by atoms with van der Waals surface area (Å²) in [5, 5.41) is 14.4. The lowest BCUT2D eigenvalue weighted by Crippen LogP contribution is -2.10. The molecule has 0 fully saturated rings. The Hall–Kier alpha value is -2.38. The Kier molecular flexibility index (Phi) is 2.69. The first-order valence-corrected chi connectivity index (χ1v) is 7.86. The fourth-order valence-corrected chi connectivity index (χ4v) is 3.82. The molecule has 1 amide bonds. The Labute approximate surface area is 127 Å². The zero-order valence-corrected chi connectivity index (χ0v) is 12.2. The van der Waals surface area contributed by atoms with Crippen LogP contribution in [0, 0.1) is 0 Å². The van der Waals surface area contributed by atoms with E-state index >= 15 is 0 Å². The SMILES string of the molecule is O=C(Nc1ccccc1O)c1cc2c(nc3sccn32)s1. The molecule has 0 spiro atoms. The van der Waals surface area contributed by atoms with Crippen LogP contribution in [0.4, 0.5) is 5.69 Å². The number of phenols is 1. The van der Waals surface area contributed by atoms with Gasteiger partial charge in [-0.15, -0.1) is 22.7 Å². The summed E-state index contributed by atoms with van der Waals surface area (Å²) >= 11 is 2.90. The average molecular weight is 315 g/mol. The number of thiophene rings is 1. The van der Waals surface area contributed by atoms with E-state index in [1.807, 2.05) is 22.0 Å². The average Bonchev–Trinajstić information content (AvgIpc) is 3.12. The van der Waals surface area contributed by atoms with Gasteiger partial charge in [-0.25, -0.2) is 4.98 Å². The summed E-state index contributed by atoms with van der Waals surface area (Å²) in [4.78, 5) is 19.1. The highest BCUT2D eigenvalue weighted by molar-refractivity contribution is 7.21. The first-order chi connectivity index (χ1) is 10.2. The number of fused-ring (bicyclic) bond motifs is 3. The van der Waals surface area contributed by atoms with Crippen LogP contribution in [0.2, 0.25) is 0 Å². The molecule has 4 aromatic rings. The highest BCUT2D eigenvalue weighted by Crippen LogP contribution is 2.29. The number of aromatic nitrogens is 2. The van der Waals surface area contributed by atoms with Crippen molar-refractivity contribution in [3.63, 3.8) is 0 Å². The summed E-state index contributed by atoms with van der Waals surface area (Å²) in [6, 6.07) is 8.48. The van der Waals surface area contributed by atoms with Gasteiger partial charge in [0.1, 0.15) is 10.6 Å². The Morgan fingerprint density at radius 2 is 2.19 bits per heavy atom. The molecule has 0 atom stereocenters. The second-order valence-electron chi connectivity index (χ2n) is 4.44. The summed E-state index contributed by atoms with van der Waals surface area (Å²) < 4.78 is 1.97. The standard InChI is InChI=1S/C14H9N3O2S2/c18-10-4-2-1-3-8(10)15-12(19)11-7-9-13(21-11)16-14-17(9)5-6-20-14/h1-7,18H,(H,15,19). The van der Waals surface area contributed by atoms with E-state index in [1.54, 1.807) is 29.5 Å². The number of para-hydroxylation sites is 2. The summed E-state index contributed by atoms with van der Waals surface area (Å²) in [6.07, 6.45) is 1.94. The number of carbonyl (C=O) groups is 1. The molecule has 2 N–H and O–H groups in total. The molecule has 0 saturated heterocycles. The van der Waals surface area contributed by atoms with Gasteiger partial charge < -0.3 is 10.4 Å². The quantitative estimate of drug-likeness (QED) is 0.556. The highest BCUT2D eigenvalue weighted by Gasteiger charge is 2.15. The molecule has 7 heteroatoms. The lowest BCUT2D eigenvalue weighted by atomic mass is 10.3. The number of nitrogens with zero attached hydrogens (tertiary/aromatic N) is 2. The van der Waals surface area contributed by atoms with Crippen LogP contribution in [0.5, 0.6) is 5.75 Å². The third-order valence-electron chi connectivity index (χ3n) is 3.12. The van der Waals surface area contributed by atoms with Crippen LogP contribution in [-0.4, -0.2) is 20.4 Å². The van der Waals surface area contributed by atoms with E-state index in [0.29, 0.717) is 10.6 Å². The second kappa shape index (κ2) is 4.57. The maximum atomic E-state index is 12.3. The Morgan fingerprint density at radius 1 is 1.33 bits per heavy atom. The molecule has 0 saturated carbocycles. The summed E-state index contributed by atoms with van der Waals surface area (Å²) in [5.74, 6) is -0.197. The summed E-state index contributed by atoms with van der Waals surface area (Å²) in [7, 11) is 0. The van der Waals surface area contributed by atoms with E-state index in [1.165, 1.54) is 17.4 Å². The molecule has 104 valence electrons. The van der Waals surface area contributed by atoms with Gasteiger partial charge in [-0.1, -0.05) is 12.1 Å². The molecule has 0 radical (unpaired) electrons. The molecule has 3 heterocycles. The molecule has 4 rings (SSSR count). The van der Waals surface area contributed by atoms with Gasteiger partial charge in [-0.05, 0) is 18.2 Å². The number of carbonyl (C=O) groups excluding carboxylic acids is 1. The largest absolute Gasteiger partial charge is 0.506 e. The molecule has 0 aliphatic rings. The van der Waals surface area contributed by atoms with Crippen LogP contribution < -0.4 is 5.32 Å². The number of benzene rings is 1. The van der Waals surface area contributed by atoms with Gasteiger partial charge in [-0.2, -0.15) is 0 Å². The number of imidazole rings is 1. The van der Waals surface area contributed by atoms with Crippen molar-refractivity contribution in [3.8, 4) is 5.75 Å². The van der Waals surface area contributed by atoms with Crippen molar-refractivity contribution in [1.29, 1.82) is 0 Å². The number of hydrogen-bond donors (Lipinski definition) is 2. The molecule has 0 bridgehead atoms. The van der Waals surface area contributed by atoms with E-state index < -0.39 is 0 Å². The monoisotopic (exact) mass is 315 g/mol. The van der Waals surface area contributed by atoms with Crippen molar-refractivity contribution in [3.05, 3.63) is 46.8 Å². The van der Waals surface area contributed by atoms with Crippen LogP contribution >= 0.6 is 22.7 Å². The Morgan fingerprint density at radius 3 is 3.05 bits per heavy atom. The number of anilines is 1. The minimum atomic E-state index is -0.247. The summed E-state index contributed by atoms with van der Waals surface area (Å²) in [6.45, 7) is 0. The number of aromatic hydroxyl groups is 1. The third kappa shape index (κ3) is 1.98. The third-order valence-corrected chi connectivity index (χ3v) is 4.89. The first kappa shape index (κ1) is 12.4. The number of rotatable bonds is 2. The molecule has 21 heavy (non-hydrogen) atoms. The van der Waals surface area contributed by atoms with E-state index in [9.17, 15) is 9.90 Å². The normalized spacial score (nSPS) is 11.2. The summed E-state index contributed by atoms with van der Waals surface area (Å²) in [5.41, 5.74) is 1.33. The molecule has 3 aromatic heterocycles. The Balaban J connectivity index is 1.70. The van der Waals surface area contributed by atoms with E-state index in [4.69, 9.17) is 0 Å². The van der Waals surface area contributed by atoms with Crippen LogP contribution in [0.25, 0.3) is 15.3 Å². The van der Waals surface area contributed by atoms with Crippen molar-refractivity contribution >= 4 is 49.6 Å². The van der Waals surface area contributed by atoms with Gasteiger partial charge in [0, 0.05) is 11.6 Å². The molecule has 0 unspecified atom stereocenters. The zero-order valence-electron chi connectivity index (χ0n) is 10.6.